The number of hydrogen-bond acceptors (Lipinski definition) is 8. The van der Waals surface area contributed by atoms with Gasteiger partial charge in [-0.05, 0) is 25.1 Å². The number of nitrogens with one attached hydrogen (secondary N) is 2. The van der Waals surface area contributed by atoms with E-state index in [-0.39, 0.29) is 0 Å². The molecule has 4 N–H and O–H groups in total. The SMILES string of the molecule is CC(OC(=O)c1cc2sc(Nc3ccccc3)nc2s1)C(=O)NC(N)=O. The lowest BCUT2D eigenvalue weighted by Gasteiger charge is -2.10. The molecular weight excluding hydrogens is 376 g/mol. The molecule has 0 spiro atoms. The van der Waals surface area contributed by atoms with Crippen molar-refractivity contribution in [1.29, 1.82) is 0 Å². The van der Waals surface area contributed by atoms with Crippen LogP contribution in [0.5, 0.6) is 0 Å². The van der Waals surface area contributed by atoms with E-state index in [1.54, 1.807) is 6.07 Å². The first-order valence-corrected chi connectivity index (χ1v) is 9.09. The molecule has 1 unspecified atom stereocenters. The molecule has 0 aliphatic heterocycles. The minimum absolute atomic E-state index is 0.323. The van der Waals surface area contributed by atoms with Crippen LogP contribution in [0.15, 0.2) is 36.4 Å². The first-order valence-electron chi connectivity index (χ1n) is 7.46. The Morgan fingerprint density at radius 2 is 1.92 bits per heavy atom. The molecule has 0 aliphatic rings. The Labute approximate surface area is 156 Å². The Kier molecular flexibility index (Phi) is 5.14. The van der Waals surface area contributed by atoms with Crippen LogP contribution in [0.3, 0.4) is 0 Å². The van der Waals surface area contributed by atoms with Gasteiger partial charge < -0.3 is 15.8 Å². The third kappa shape index (κ3) is 4.16. The fourth-order valence-corrected chi connectivity index (χ4v) is 4.05. The normalized spacial score (nSPS) is 11.7. The molecule has 2 heterocycles. The highest BCUT2D eigenvalue weighted by molar-refractivity contribution is 7.29. The molecule has 0 saturated heterocycles. The van der Waals surface area contributed by atoms with E-state index >= 15 is 0 Å². The summed E-state index contributed by atoms with van der Waals surface area (Å²) in [6.45, 7) is 1.35. The number of thiazole rings is 1. The summed E-state index contributed by atoms with van der Waals surface area (Å²) in [5, 5.41) is 5.77. The lowest BCUT2D eigenvalue weighted by Crippen LogP contribution is -2.42. The number of nitrogens with two attached hydrogens (primary N) is 1. The number of fused-ring (bicyclic) bond motifs is 1. The molecular formula is C16H14N4O4S2. The highest BCUT2D eigenvalue weighted by atomic mass is 32.1. The largest absolute Gasteiger partial charge is 0.448 e. The first kappa shape index (κ1) is 17.8. The summed E-state index contributed by atoms with van der Waals surface area (Å²) in [5.74, 6) is -1.44. The molecule has 3 rings (SSSR count). The van der Waals surface area contributed by atoms with Crippen molar-refractivity contribution in [2.75, 3.05) is 5.32 Å². The molecule has 0 aliphatic carbocycles. The summed E-state index contributed by atoms with van der Waals surface area (Å²) < 4.78 is 5.87. The molecule has 3 amide bonds. The zero-order valence-electron chi connectivity index (χ0n) is 13.5. The lowest BCUT2D eigenvalue weighted by atomic mass is 10.3. The van der Waals surface area contributed by atoms with Gasteiger partial charge in [0.15, 0.2) is 11.2 Å². The maximum Gasteiger partial charge on any atom is 0.349 e. The van der Waals surface area contributed by atoms with Gasteiger partial charge in [0.2, 0.25) is 0 Å². The average molecular weight is 390 g/mol. The van der Waals surface area contributed by atoms with Gasteiger partial charge in [0.05, 0.1) is 4.70 Å². The smallest absolute Gasteiger partial charge is 0.349 e. The number of imide groups is 1. The van der Waals surface area contributed by atoms with E-state index in [2.05, 4.69) is 10.3 Å². The molecule has 3 aromatic rings. The molecule has 2 aromatic heterocycles. The second-order valence-electron chi connectivity index (χ2n) is 5.19. The summed E-state index contributed by atoms with van der Waals surface area (Å²) >= 11 is 2.57. The second kappa shape index (κ2) is 7.50. The van der Waals surface area contributed by atoms with Crippen LogP contribution in [0.25, 0.3) is 9.53 Å². The molecule has 1 aromatic carbocycles. The van der Waals surface area contributed by atoms with Crippen molar-refractivity contribution in [1.82, 2.24) is 10.3 Å². The highest BCUT2D eigenvalue weighted by Crippen LogP contribution is 2.34. The molecule has 8 nitrogen and oxygen atoms in total. The summed E-state index contributed by atoms with van der Waals surface area (Å²) in [6, 6.07) is 10.3. The number of nitrogens with zero attached hydrogens (tertiary/aromatic N) is 1. The van der Waals surface area contributed by atoms with Crippen molar-refractivity contribution in [2.24, 2.45) is 5.73 Å². The first-order chi connectivity index (χ1) is 12.4. The molecule has 0 bridgehead atoms. The van der Waals surface area contributed by atoms with Crippen molar-refractivity contribution in [3.8, 4) is 0 Å². The fraction of sp³-hybridized carbons (Fsp3) is 0.125. The van der Waals surface area contributed by atoms with Crippen LogP contribution in [0.1, 0.15) is 16.6 Å². The van der Waals surface area contributed by atoms with Crippen LogP contribution in [-0.4, -0.2) is 29.0 Å². The predicted octanol–water partition coefficient (Wildman–Crippen LogP) is 2.84. The molecule has 26 heavy (non-hydrogen) atoms. The monoisotopic (exact) mass is 390 g/mol. The van der Waals surface area contributed by atoms with Gasteiger partial charge in [-0.25, -0.2) is 14.6 Å². The van der Waals surface area contributed by atoms with Crippen LogP contribution in [0, 0.1) is 0 Å². The summed E-state index contributed by atoms with van der Waals surface area (Å²) in [6.07, 6.45) is -1.14. The number of amides is 3. The van der Waals surface area contributed by atoms with Gasteiger partial charge in [0.1, 0.15) is 9.71 Å². The number of anilines is 2. The molecule has 0 radical (unpaired) electrons. The van der Waals surface area contributed by atoms with Crippen LogP contribution in [0.2, 0.25) is 0 Å². The number of para-hydroxylation sites is 1. The molecule has 0 saturated carbocycles. The second-order valence-corrected chi connectivity index (χ2v) is 7.25. The number of urea groups is 1. The van der Waals surface area contributed by atoms with Crippen molar-refractivity contribution in [2.45, 2.75) is 13.0 Å². The number of benzene rings is 1. The van der Waals surface area contributed by atoms with Gasteiger partial charge in [-0.1, -0.05) is 29.5 Å². The highest BCUT2D eigenvalue weighted by Gasteiger charge is 2.22. The molecule has 1 atom stereocenters. The summed E-state index contributed by atoms with van der Waals surface area (Å²) in [4.78, 5) is 39.8. The number of rotatable bonds is 5. The maximum atomic E-state index is 12.1. The van der Waals surface area contributed by atoms with Crippen molar-refractivity contribution < 1.29 is 19.1 Å². The molecule has 10 heteroatoms. The number of hydrogen-bond donors (Lipinski definition) is 3. The summed E-state index contributed by atoms with van der Waals surface area (Å²) in [7, 11) is 0. The minimum Gasteiger partial charge on any atom is -0.448 e. The number of thiophene rings is 1. The number of ether oxygens (including phenoxy) is 1. The van der Waals surface area contributed by atoms with Crippen LogP contribution in [0.4, 0.5) is 15.6 Å². The van der Waals surface area contributed by atoms with Gasteiger partial charge in [-0.15, -0.1) is 11.3 Å². The number of carbonyl (C=O) groups is 3. The average Bonchev–Trinajstić information content (AvgIpc) is 3.13. The Morgan fingerprint density at radius 3 is 2.58 bits per heavy atom. The molecule has 134 valence electrons. The van der Waals surface area contributed by atoms with Crippen molar-refractivity contribution in [3.63, 3.8) is 0 Å². The van der Waals surface area contributed by atoms with Crippen molar-refractivity contribution in [3.05, 3.63) is 41.3 Å². The standard InChI is InChI=1S/C16H14N4O4S2/c1-8(12(21)19-15(17)23)24-14(22)11-7-10-13(25-11)20-16(26-10)18-9-5-3-2-4-6-9/h2-8H,1H3,(H,18,20)(H3,17,19,21,23). The van der Waals surface area contributed by atoms with Gasteiger partial charge >= 0.3 is 12.0 Å². The Bertz CT molecular complexity index is 936. The third-order valence-electron chi connectivity index (χ3n) is 3.22. The molecule has 0 fully saturated rings. The Balaban J connectivity index is 1.67. The number of primary amides is 1. The van der Waals surface area contributed by atoms with E-state index < -0.39 is 24.0 Å². The van der Waals surface area contributed by atoms with Crippen molar-refractivity contribution >= 4 is 60.9 Å². The van der Waals surface area contributed by atoms with E-state index in [9.17, 15) is 14.4 Å². The van der Waals surface area contributed by atoms with E-state index in [1.807, 2.05) is 35.6 Å². The number of aromatic nitrogens is 1. The van der Waals surface area contributed by atoms with Gasteiger partial charge in [-0.3, -0.25) is 10.1 Å². The fourth-order valence-electron chi connectivity index (χ4n) is 2.03. The topological polar surface area (TPSA) is 123 Å². The zero-order chi connectivity index (χ0) is 18.7. The number of esters is 1. The Hall–Kier alpha value is -2.98. The minimum atomic E-state index is -1.14. The Morgan fingerprint density at radius 1 is 1.19 bits per heavy atom. The quantitative estimate of drug-likeness (QED) is 0.576. The van der Waals surface area contributed by atoms with Gasteiger partial charge in [0, 0.05) is 5.69 Å². The predicted molar refractivity (Wildman–Crippen MR) is 99.8 cm³/mol. The van der Waals surface area contributed by atoms with Crippen LogP contribution >= 0.6 is 22.7 Å². The summed E-state index contributed by atoms with van der Waals surface area (Å²) in [5.41, 5.74) is 5.78. The lowest BCUT2D eigenvalue weighted by molar-refractivity contribution is -0.127. The van der Waals surface area contributed by atoms with E-state index in [0.717, 1.165) is 10.4 Å². The van der Waals surface area contributed by atoms with E-state index in [1.165, 1.54) is 29.6 Å². The zero-order valence-corrected chi connectivity index (χ0v) is 15.1. The number of carbonyl (C=O) groups excluding carboxylic acids is 3. The van der Waals surface area contributed by atoms with E-state index in [0.29, 0.717) is 14.8 Å². The van der Waals surface area contributed by atoms with Crippen LogP contribution < -0.4 is 16.4 Å². The van der Waals surface area contributed by atoms with Gasteiger partial charge in [-0.2, -0.15) is 0 Å². The van der Waals surface area contributed by atoms with E-state index in [4.69, 9.17) is 10.5 Å². The van der Waals surface area contributed by atoms with Gasteiger partial charge in [0.25, 0.3) is 5.91 Å². The third-order valence-corrected chi connectivity index (χ3v) is 5.27. The van der Waals surface area contributed by atoms with Crippen LogP contribution in [-0.2, 0) is 9.53 Å². The maximum absolute atomic E-state index is 12.1.